The van der Waals surface area contributed by atoms with Crippen LogP contribution in [0.15, 0.2) is 17.5 Å². The first-order valence-electron chi connectivity index (χ1n) is 5.34. The lowest BCUT2D eigenvalue weighted by atomic mass is 10.3. The van der Waals surface area contributed by atoms with Crippen LogP contribution in [0, 0.1) is 0 Å². The molecule has 1 aliphatic rings. The molecule has 1 aromatic heterocycles. The molecule has 0 saturated carbocycles. The van der Waals surface area contributed by atoms with Crippen LogP contribution in [-0.4, -0.2) is 37.6 Å². The lowest BCUT2D eigenvalue weighted by molar-refractivity contribution is 0.472. The molecule has 2 N–H and O–H groups in total. The number of aryl methyl sites for hydroxylation is 1. The highest BCUT2D eigenvalue weighted by Gasteiger charge is 2.29. The molecule has 0 radical (unpaired) electrons. The summed E-state index contributed by atoms with van der Waals surface area (Å²) in [5, 5.41) is 1.97. The molecule has 90 valence electrons. The fourth-order valence-electron chi connectivity index (χ4n) is 1.82. The van der Waals surface area contributed by atoms with Gasteiger partial charge in [-0.25, -0.2) is 12.7 Å². The quantitative estimate of drug-likeness (QED) is 0.864. The van der Waals surface area contributed by atoms with Crippen LogP contribution in [-0.2, 0) is 16.4 Å². The standard InChI is InChI=1S/C10H16N2O2S2/c11-9-3-5-12(8-9)16(13,14)7-4-10-2-1-6-15-10/h1-2,6,9H,3-5,7-8,11H2. The normalized spacial score (nSPS) is 22.7. The van der Waals surface area contributed by atoms with Crippen LogP contribution in [0.1, 0.15) is 11.3 Å². The Hall–Kier alpha value is -0.430. The van der Waals surface area contributed by atoms with E-state index in [1.807, 2.05) is 17.5 Å². The molecule has 1 fully saturated rings. The summed E-state index contributed by atoms with van der Waals surface area (Å²) in [5.74, 6) is 0.195. The summed E-state index contributed by atoms with van der Waals surface area (Å²) in [5.41, 5.74) is 5.71. The van der Waals surface area contributed by atoms with Crippen LogP contribution in [0.25, 0.3) is 0 Å². The van der Waals surface area contributed by atoms with Crippen LogP contribution in [0.5, 0.6) is 0 Å². The van der Waals surface area contributed by atoms with Crippen LogP contribution in [0.3, 0.4) is 0 Å². The van der Waals surface area contributed by atoms with Gasteiger partial charge in [-0.3, -0.25) is 0 Å². The monoisotopic (exact) mass is 260 g/mol. The summed E-state index contributed by atoms with van der Waals surface area (Å²) in [7, 11) is -3.11. The van der Waals surface area contributed by atoms with Crippen molar-refractivity contribution in [1.29, 1.82) is 0 Å². The molecule has 1 unspecified atom stereocenters. The van der Waals surface area contributed by atoms with E-state index in [2.05, 4.69) is 0 Å². The van der Waals surface area contributed by atoms with E-state index in [1.54, 1.807) is 11.3 Å². The Morgan fingerprint density at radius 1 is 1.56 bits per heavy atom. The Morgan fingerprint density at radius 3 is 2.94 bits per heavy atom. The SMILES string of the molecule is NC1CCN(S(=O)(=O)CCc2cccs2)C1. The lowest BCUT2D eigenvalue weighted by Crippen LogP contribution is -2.34. The van der Waals surface area contributed by atoms with Gasteiger partial charge in [-0.1, -0.05) is 6.07 Å². The minimum atomic E-state index is -3.11. The molecule has 2 rings (SSSR count). The molecule has 0 bridgehead atoms. The number of hydrogen-bond acceptors (Lipinski definition) is 4. The van der Waals surface area contributed by atoms with E-state index in [4.69, 9.17) is 5.73 Å². The van der Waals surface area contributed by atoms with Gasteiger partial charge < -0.3 is 5.73 Å². The summed E-state index contributed by atoms with van der Waals surface area (Å²) < 4.78 is 25.4. The van der Waals surface area contributed by atoms with Gasteiger partial charge in [-0.15, -0.1) is 11.3 Å². The van der Waals surface area contributed by atoms with Crippen LogP contribution >= 0.6 is 11.3 Å². The van der Waals surface area contributed by atoms with E-state index in [-0.39, 0.29) is 11.8 Å². The molecule has 2 heterocycles. The molecule has 1 aliphatic heterocycles. The molecule has 0 amide bonds. The zero-order chi connectivity index (χ0) is 11.6. The lowest BCUT2D eigenvalue weighted by Gasteiger charge is -2.15. The molecule has 1 aromatic rings. The predicted octanol–water partition coefficient (Wildman–Crippen LogP) is 0.653. The van der Waals surface area contributed by atoms with Crippen molar-refractivity contribution in [3.8, 4) is 0 Å². The first-order chi connectivity index (χ1) is 7.58. The molecule has 4 nitrogen and oxygen atoms in total. The summed E-state index contributed by atoms with van der Waals surface area (Å²) in [6.07, 6.45) is 1.38. The van der Waals surface area contributed by atoms with E-state index in [1.165, 1.54) is 4.31 Å². The average molecular weight is 260 g/mol. The molecule has 0 aromatic carbocycles. The average Bonchev–Trinajstić information content (AvgIpc) is 2.85. The largest absolute Gasteiger partial charge is 0.326 e. The van der Waals surface area contributed by atoms with Gasteiger partial charge in [0.2, 0.25) is 10.0 Å². The Morgan fingerprint density at radius 2 is 2.38 bits per heavy atom. The number of nitrogens with zero attached hydrogens (tertiary/aromatic N) is 1. The second-order valence-corrected chi connectivity index (χ2v) is 7.17. The van der Waals surface area contributed by atoms with Gasteiger partial charge in [-0.05, 0) is 24.3 Å². The highest BCUT2D eigenvalue weighted by molar-refractivity contribution is 7.89. The third kappa shape index (κ3) is 2.82. The first kappa shape index (κ1) is 12.0. The van der Waals surface area contributed by atoms with E-state index in [9.17, 15) is 8.42 Å². The van der Waals surface area contributed by atoms with Crippen molar-refractivity contribution in [2.24, 2.45) is 5.73 Å². The van der Waals surface area contributed by atoms with Crippen molar-refractivity contribution in [3.05, 3.63) is 22.4 Å². The zero-order valence-corrected chi connectivity index (χ0v) is 10.6. The van der Waals surface area contributed by atoms with Crippen molar-refractivity contribution in [2.45, 2.75) is 18.9 Å². The zero-order valence-electron chi connectivity index (χ0n) is 9.00. The smallest absolute Gasteiger partial charge is 0.214 e. The van der Waals surface area contributed by atoms with Gasteiger partial charge in [0, 0.05) is 24.0 Å². The van der Waals surface area contributed by atoms with Gasteiger partial charge in [0.05, 0.1) is 5.75 Å². The molecule has 16 heavy (non-hydrogen) atoms. The van der Waals surface area contributed by atoms with E-state index >= 15 is 0 Å². The predicted molar refractivity (Wildman–Crippen MR) is 66.0 cm³/mol. The molecule has 0 spiro atoms. The Bertz CT molecular complexity index is 428. The minimum absolute atomic E-state index is 0.0107. The molecule has 0 aliphatic carbocycles. The number of thiophene rings is 1. The van der Waals surface area contributed by atoms with E-state index in [0.29, 0.717) is 19.5 Å². The van der Waals surface area contributed by atoms with Gasteiger partial charge in [0.25, 0.3) is 0 Å². The van der Waals surface area contributed by atoms with Gasteiger partial charge in [0.15, 0.2) is 0 Å². The van der Waals surface area contributed by atoms with Crippen molar-refractivity contribution in [2.75, 3.05) is 18.8 Å². The highest BCUT2D eigenvalue weighted by Crippen LogP contribution is 2.15. The second kappa shape index (κ2) is 4.83. The molecular formula is C10H16N2O2S2. The van der Waals surface area contributed by atoms with Gasteiger partial charge in [-0.2, -0.15) is 0 Å². The summed E-state index contributed by atoms with van der Waals surface area (Å²) in [6, 6.07) is 3.92. The minimum Gasteiger partial charge on any atom is -0.326 e. The third-order valence-electron chi connectivity index (χ3n) is 2.77. The molecule has 6 heteroatoms. The Labute approximate surface area is 100 Å². The van der Waals surface area contributed by atoms with Crippen molar-refractivity contribution in [3.63, 3.8) is 0 Å². The van der Waals surface area contributed by atoms with Crippen LogP contribution in [0.2, 0.25) is 0 Å². The maximum Gasteiger partial charge on any atom is 0.214 e. The third-order valence-corrected chi connectivity index (χ3v) is 5.54. The number of sulfonamides is 1. The second-order valence-electron chi connectivity index (χ2n) is 4.05. The maximum absolute atomic E-state index is 11.9. The first-order valence-corrected chi connectivity index (χ1v) is 7.82. The van der Waals surface area contributed by atoms with Crippen molar-refractivity contribution < 1.29 is 8.42 Å². The summed E-state index contributed by atoms with van der Waals surface area (Å²) >= 11 is 1.60. The number of nitrogens with two attached hydrogens (primary N) is 1. The molecule has 1 saturated heterocycles. The molecular weight excluding hydrogens is 244 g/mol. The highest BCUT2D eigenvalue weighted by atomic mass is 32.2. The van der Waals surface area contributed by atoms with Gasteiger partial charge >= 0.3 is 0 Å². The topological polar surface area (TPSA) is 63.4 Å². The maximum atomic E-state index is 11.9. The van der Waals surface area contributed by atoms with Gasteiger partial charge in [0.1, 0.15) is 0 Å². The Balaban J connectivity index is 1.93. The fraction of sp³-hybridized carbons (Fsp3) is 0.600. The number of hydrogen-bond donors (Lipinski definition) is 1. The number of rotatable bonds is 4. The van der Waals surface area contributed by atoms with Crippen LogP contribution < -0.4 is 5.73 Å². The summed E-state index contributed by atoms with van der Waals surface area (Å²) in [4.78, 5) is 1.12. The summed E-state index contributed by atoms with van der Waals surface area (Å²) in [6.45, 7) is 1.06. The Kier molecular flexibility index (Phi) is 3.63. The van der Waals surface area contributed by atoms with E-state index in [0.717, 1.165) is 11.3 Å². The molecule has 1 atom stereocenters. The van der Waals surface area contributed by atoms with Crippen molar-refractivity contribution in [1.82, 2.24) is 4.31 Å². The van der Waals surface area contributed by atoms with Crippen molar-refractivity contribution >= 4 is 21.4 Å². The van der Waals surface area contributed by atoms with Crippen LogP contribution in [0.4, 0.5) is 0 Å². The van der Waals surface area contributed by atoms with E-state index < -0.39 is 10.0 Å². The fourth-order valence-corrected chi connectivity index (χ4v) is 4.20.